The highest BCUT2D eigenvalue weighted by Gasteiger charge is 2.53. The van der Waals surface area contributed by atoms with Gasteiger partial charge in [0.1, 0.15) is 73.2 Å². The molecule has 96 heavy (non-hydrogen) atoms. The lowest BCUT2D eigenvalue weighted by Gasteiger charge is -2.48. The van der Waals surface area contributed by atoms with Gasteiger partial charge >= 0.3 is 0 Å². The fourth-order valence-corrected chi connectivity index (χ4v) is 11.8. The Hall–Kier alpha value is -3.55. The molecule has 17 atom stereocenters. The lowest BCUT2D eigenvalue weighted by atomic mass is 9.96. The SMILES string of the molecule is CC/C=C\C/C=C\C/C=C\C/C=C\C/C=C\C/C=C\C/C=C\CCCCCCCCCCCCCCCCCCCC(=O)NC(COC1OC(CO)C(OC2OC(CO)C(OC3OC(CO)C(O)C(O)C3O)C(O)C2O)C(O)C1O)C(O)/C=C/CC/C=C/CCCCCCCC. The van der Waals surface area contributed by atoms with Crippen LogP contribution in [0.4, 0.5) is 0 Å². The van der Waals surface area contributed by atoms with Gasteiger partial charge in [0.25, 0.3) is 0 Å². The van der Waals surface area contributed by atoms with Crippen LogP contribution >= 0.6 is 0 Å². The zero-order valence-electron chi connectivity index (χ0n) is 58.6. The fraction of sp³-hybridized carbons (Fsp3) is 0.753. The molecular weight excluding hydrogens is 1230 g/mol. The van der Waals surface area contributed by atoms with Crippen molar-refractivity contribution in [2.24, 2.45) is 0 Å². The van der Waals surface area contributed by atoms with E-state index in [1.54, 1.807) is 6.08 Å². The van der Waals surface area contributed by atoms with E-state index < -0.39 is 124 Å². The van der Waals surface area contributed by atoms with Gasteiger partial charge in [0.15, 0.2) is 18.9 Å². The van der Waals surface area contributed by atoms with E-state index in [2.05, 4.69) is 116 Å². The maximum Gasteiger partial charge on any atom is 0.220 e. The summed E-state index contributed by atoms with van der Waals surface area (Å²) in [7, 11) is 0. The largest absolute Gasteiger partial charge is 0.394 e. The van der Waals surface area contributed by atoms with E-state index in [1.165, 1.54) is 122 Å². The Bertz CT molecular complexity index is 2160. The highest BCUT2D eigenvalue weighted by Crippen LogP contribution is 2.33. The third-order valence-electron chi connectivity index (χ3n) is 17.8. The summed E-state index contributed by atoms with van der Waals surface area (Å²) in [4.78, 5) is 13.4. The zero-order valence-corrected chi connectivity index (χ0v) is 58.6. The van der Waals surface area contributed by atoms with Crippen molar-refractivity contribution in [3.8, 4) is 0 Å². The Morgan fingerprint density at radius 3 is 1.17 bits per heavy atom. The van der Waals surface area contributed by atoms with Gasteiger partial charge in [-0.05, 0) is 89.9 Å². The number of carbonyl (C=O) groups is 1. The number of hydrogen-bond acceptors (Lipinski definition) is 18. The molecule has 0 bridgehead atoms. The van der Waals surface area contributed by atoms with Gasteiger partial charge in [-0.3, -0.25) is 4.79 Å². The molecule has 3 aliphatic heterocycles. The monoisotopic (exact) mass is 1360 g/mol. The Kier molecular flexibility index (Phi) is 51.6. The van der Waals surface area contributed by atoms with Gasteiger partial charge in [0, 0.05) is 6.42 Å². The summed E-state index contributed by atoms with van der Waals surface area (Å²) in [5.41, 5.74) is 0. The van der Waals surface area contributed by atoms with Crippen LogP contribution in [0.3, 0.4) is 0 Å². The smallest absolute Gasteiger partial charge is 0.220 e. The van der Waals surface area contributed by atoms with Crippen LogP contribution < -0.4 is 5.32 Å². The van der Waals surface area contributed by atoms with E-state index >= 15 is 0 Å². The third kappa shape index (κ3) is 37.8. The van der Waals surface area contributed by atoms with Crippen molar-refractivity contribution in [2.75, 3.05) is 26.4 Å². The molecule has 0 radical (unpaired) electrons. The van der Waals surface area contributed by atoms with Crippen LogP contribution in [0.5, 0.6) is 0 Å². The van der Waals surface area contributed by atoms with E-state index in [0.717, 1.165) is 83.5 Å². The number of carbonyl (C=O) groups excluding carboxylic acids is 1. The summed E-state index contributed by atoms with van der Waals surface area (Å²) < 4.78 is 34.3. The number of amides is 1. The molecule has 3 aliphatic rings. The van der Waals surface area contributed by atoms with Gasteiger partial charge in [-0.1, -0.05) is 252 Å². The number of ether oxygens (including phenoxy) is 6. The van der Waals surface area contributed by atoms with Crippen molar-refractivity contribution < 1.29 is 89.4 Å². The van der Waals surface area contributed by atoms with E-state index in [-0.39, 0.29) is 18.9 Å². The molecule has 0 aromatic heterocycles. The van der Waals surface area contributed by atoms with E-state index in [4.69, 9.17) is 28.4 Å². The first-order valence-electron chi connectivity index (χ1n) is 37.1. The molecule has 0 aromatic rings. The molecule has 0 aromatic carbocycles. The molecule has 17 unspecified atom stereocenters. The minimum absolute atomic E-state index is 0.231. The molecular formula is C77H131NO18. The van der Waals surface area contributed by atoms with Crippen molar-refractivity contribution >= 4 is 5.91 Å². The molecule has 3 saturated heterocycles. The number of unbranched alkanes of at least 4 members (excludes halogenated alkanes) is 24. The Morgan fingerprint density at radius 2 is 0.729 bits per heavy atom. The van der Waals surface area contributed by atoms with Gasteiger partial charge < -0.3 is 89.9 Å². The van der Waals surface area contributed by atoms with Crippen molar-refractivity contribution in [2.45, 2.75) is 343 Å². The van der Waals surface area contributed by atoms with Gasteiger partial charge in [-0.25, -0.2) is 0 Å². The predicted molar refractivity (Wildman–Crippen MR) is 378 cm³/mol. The van der Waals surface area contributed by atoms with Crippen LogP contribution in [0.2, 0.25) is 0 Å². The first-order chi connectivity index (χ1) is 46.8. The molecule has 19 nitrogen and oxygen atoms in total. The molecule has 0 aliphatic carbocycles. The summed E-state index contributed by atoms with van der Waals surface area (Å²) in [5, 5.41) is 120. The van der Waals surface area contributed by atoms with Gasteiger partial charge in [0.05, 0.1) is 38.6 Å². The molecule has 12 N–H and O–H groups in total. The molecule has 0 saturated carbocycles. The average Bonchev–Trinajstić information content (AvgIpc) is 0.787. The topological polar surface area (TPSA) is 307 Å². The zero-order chi connectivity index (χ0) is 69.6. The number of nitrogens with one attached hydrogen (secondary N) is 1. The second-order valence-electron chi connectivity index (χ2n) is 26.0. The third-order valence-corrected chi connectivity index (χ3v) is 17.8. The summed E-state index contributed by atoms with van der Waals surface area (Å²) >= 11 is 0. The molecule has 552 valence electrons. The highest BCUT2D eigenvalue weighted by atomic mass is 16.8. The van der Waals surface area contributed by atoms with E-state index in [9.17, 15) is 61.0 Å². The van der Waals surface area contributed by atoms with Crippen molar-refractivity contribution in [1.29, 1.82) is 0 Å². The van der Waals surface area contributed by atoms with Gasteiger partial charge in [-0.15, -0.1) is 0 Å². The predicted octanol–water partition coefficient (Wildman–Crippen LogP) is 11.0. The van der Waals surface area contributed by atoms with Crippen LogP contribution in [0.25, 0.3) is 0 Å². The molecule has 3 heterocycles. The second kappa shape index (κ2) is 57.1. The Labute approximate surface area is 576 Å². The number of hydrogen-bond donors (Lipinski definition) is 12. The number of aliphatic hydroxyl groups is 11. The molecule has 19 heteroatoms. The van der Waals surface area contributed by atoms with Crippen LogP contribution in [0.1, 0.15) is 239 Å². The minimum atomic E-state index is -1.98. The normalized spacial score (nSPS) is 27.7. The van der Waals surface area contributed by atoms with Crippen LogP contribution in [0.15, 0.2) is 109 Å². The molecule has 0 spiro atoms. The van der Waals surface area contributed by atoms with Gasteiger partial charge in [0.2, 0.25) is 5.91 Å². The number of aliphatic hydroxyl groups excluding tert-OH is 11. The van der Waals surface area contributed by atoms with Crippen molar-refractivity contribution in [1.82, 2.24) is 5.32 Å². The first-order valence-corrected chi connectivity index (χ1v) is 37.1. The maximum atomic E-state index is 13.4. The van der Waals surface area contributed by atoms with Crippen LogP contribution in [0, 0.1) is 0 Å². The second-order valence-corrected chi connectivity index (χ2v) is 26.0. The molecule has 3 fully saturated rings. The Morgan fingerprint density at radius 1 is 0.385 bits per heavy atom. The van der Waals surface area contributed by atoms with Crippen molar-refractivity contribution in [3.63, 3.8) is 0 Å². The van der Waals surface area contributed by atoms with Gasteiger partial charge in [-0.2, -0.15) is 0 Å². The standard InChI is InChI=1S/C77H131NO18/c1-3-5-7-9-11-13-15-17-18-19-20-21-22-23-24-25-26-27-28-29-30-31-32-33-34-35-36-37-38-39-40-41-42-43-45-47-49-51-53-55-65(83)78-60(61(82)54-52-50-48-46-44-16-14-12-10-8-6-4-2)59-91-75-71(89)68(86)73(63(57-80)93-75)96-77-72(90)69(87)74(64(58-81)94-77)95-76-70(88)67(85)66(84)62(56-79)92-76/h5,7,11,13,17-18,20-21,23-24,26-27,29-30,44,46,52,54,60-64,66-77,79-82,84-90H,3-4,6,8-10,12,14-16,19,22,25,28,31-43,45,47-51,53,55-59H2,1-2H3,(H,78,83)/b7-5-,13-11-,18-17-,21-20-,24-23-,27-26-,30-29-,46-44+,54-52+. The summed E-state index contributed by atoms with van der Waals surface area (Å²) in [5.74, 6) is -0.289. The van der Waals surface area contributed by atoms with Crippen LogP contribution in [-0.4, -0.2) is 193 Å². The summed E-state index contributed by atoms with van der Waals surface area (Å²) in [6.07, 6.45) is 51.0. The molecule has 1 amide bonds. The lowest BCUT2D eigenvalue weighted by molar-refractivity contribution is -0.379. The first kappa shape index (κ1) is 86.7. The number of allylic oxidation sites excluding steroid dienone is 17. The maximum absolute atomic E-state index is 13.4. The highest BCUT2D eigenvalue weighted by molar-refractivity contribution is 5.76. The van der Waals surface area contributed by atoms with E-state index in [1.807, 2.05) is 6.08 Å². The van der Waals surface area contributed by atoms with Crippen molar-refractivity contribution in [3.05, 3.63) is 109 Å². The Balaban J connectivity index is 1.31. The minimum Gasteiger partial charge on any atom is -0.394 e. The molecule has 3 rings (SSSR count). The van der Waals surface area contributed by atoms with E-state index in [0.29, 0.717) is 12.8 Å². The van der Waals surface area contributed by atoms with Crippen LogP contribution in [-0.2, 0) is 33.2 Å². The fourth-order valence-electron chi connectivity index (χ4n) is 11.8. The lowest BCUT2D eigenvalue weighted by Crippen LogP contribution is -2.66. The quantitative estimate of drug-likeness (QED) is 0.0199. The average molecular weight is 1360 g/mol. The summed E-state index contributed by atoms with van der Waals surface area (Å²) in [6, 6.07) is -0.993. The summed E-state index contributed by atoms with van der Waals surface area (Å²) in [6.45, 7) is 1.56. The number of rotatable bonds is 56.